The zero-order valence-corrected chi connectivity index (χ0v) is 13.5. The van der Waals surface area contributed by atoms with Crippen molar-refractivity contribution in [1.82, 2.24) is 0 Å². The minimum absolute atomic E-state index is 0.0837. The van der Waals surface area contributed by atoms with Crippen molar-refractivity contribution in [2.75, 3.05) is 12.9 Å². The predicted octanol–water partition coefficient (Wildman–Crippen LogP) is 4.11. The minimum atomic E-state index is -0.0837. The van der Waals surface area contributed by atoms with Crippen molar-refractivity contribution in [3.05, 3.63) is 65.7 Å². The fourth-order valence-electron chi connectivity index (χ4n) is 3.79. The van der Waals surface area contributed by atoms with Crippen molar-refractivity contribution in [2.45, 2.75) is 29.6 Å². The van der Waals surface area contributed by atoms with E-state index in [0.29, 0.717) is 11.8 Å². The van der Waals surface area contributed by atoms with E-state index in [4.69, 9.17) is 9.47 Å². The Labute approximate surface area is 135 Å². The lowest BCUT2D eigenvalue weighted by atomic mass is 9.89. The molecule has 0 saturated carbocycles. The Bertz CT molecular complexity index is 643. The van der Waals surface area contributed by atoms with Gasteiger partial charge in [-0.2, -0.15) is 0 Å². The van der Waals surface area contributed by atoms with Crippen LogP contribution >= 0.6 is 11.8 Å². The van der Waals surface area contributed by atoms with Crippen molar-refractivity contribution >= 4 is 11.8 Å². The van der Waals surface area contributed by atoms with E-state index in [1.165, 1.54) is 16.0 Å². The van der Waals surface area contributed by atoms with Gasteiger partial charge in [0.15, 0.2) is 6.29 Å². The number of hydrogen-bond donors (Lipinski definition) is 0. The van der Waals surface area contributed by atoms with Crippen LogP contribution in [-0.4, -0.2) is 25.3 Å². The highest BCUT2D eigenvalue weighted by Crippen LogP contribution is 2.49. The standard InChI is InChI=1S/C19H20O2S/c1-20-19-16(12-22-14-8-3-2-4-9-14)18-15-10-6-5-7-13(15)11-17(18)21-19/h2-10,16-19H,11-12H2,1H3/t16?,17-,18-,19+/m0/s1. The maximum atomic E-state index is 6.18. The maximum Gasteiger partial charge on any atom is 0.161 e. The Balaban J connectivity index is 1.56. The summed E-state index contributed by atoms with van der Waals surface area (Å²) in [5.74, 6) is 1.90. The molecule has 4 rings (SSSR count). The van der Waals surface area contributed by atoms with Crippen molar-refractivity contribution in [2.24, 2.45) is 5.92 Å². The topological polar surface area (TPSA) is 18.5 Å². The van der Waals surface area contributed by atoms with E-state index in [1.54, 1.807) is 7.11 Å². The summed E-state index contributed by atoms with van der Waals surface area (Å²) in [5.41, 5.74) is 2.91. The molecule has 0 radical (unpaired) electrons. The predicted molar refractivity (Wildman–Crippen MR) is 89.2 cm³/mol. The van der Waals surface area contributed by atoms with Crippen LogP contribution in [0, 0.1) is 5.92 Å². The number of fused-ring (bicyclic) bond motifs is 3. The third-order valence-corrected chi connectivity index (χ3v) is 5.93. The molecule has 0 amide bonds. The molecule has 1 fully saturated rings. The monoisotopic (exact) mass is 312 g/mol. The maximum absolute atomic E-state index is 6.18. The molecule has 22 heavy (non-hydrogen) atoms. The van der Waals surface area contributed by atoms with Crippen LogP contribution < -0.4 is 0 Å². The van der Waals surface area contributed by atoms with Crippen molar-refractivity contribution in [3.8, 4) is 0 Å². The zero-order chi connectivity index (χ0) is 14.9. The lowest BCUT2D eigenvalue weighted by Crippen LogP contribution is -2.23. The van der Waals surface area contributed by atoms with Crippen molar-refractivity contribution in [3.63, 3.8) is 0 Å². The average molecular weight is 312 g/mol. The van der Waals surface area contributed by atoms with Crippen LogP contribution in [0.15, 0.2) is 59.5 Å². The van der Waals surface area contributed by atoms with Crippen LogP contribution in [0.5, 0.6) is 0 Å². The molecular formula is C19H20O2S. The average Bonchev–Trinajstić information content (AvgIpc) is 3.09. The van der Waals surface area contributed by atoms with Crippen LogP contribution in [0.4, 0.5) is 0 Å². The van der Waals surface area contributed by atoms with E-state index < -0.39 is 0 Å². The van der Waals surface area contributed by atoms with Gasteiger partial charge in [0.25, 0.3) is 0 Å². The molecule has 2 aromatic rings. The quantitative estimate of drug-likeness (QED) is 0.792. The summed E-state index contributed by atoms with van der Waals surface area (Å²) in [6.07, 6.45) is 1.22. The lowest BCUT2D eigenvalue weighted by molar-refractivity contribution is -0.127. The number of methoxy groups -OCH3 is 1. The highest BCUT2D eigenvalue weighted by Gasteiger charge is 2.49. The van der Waals surface area contributed by atoms with E-state index in [1.807, 2.05) is 11.8 Å². The fraction of sp³-hybridized carbons (Fsp3) is 0.368. The summed E-state index contributed by atoms with van der Waals surface area (Å²) < 4.78 is 11.8. The van der Waals surface area contributed by atoms with Gasteiger partial charge in [-0.15, -0.1) is 11.8 Å². The van der Waals surface area contributed by atoms with E-state index in [9.17, 15) is 0 Å². The van der Waals surface area contributed by atoms with Crippen molar-refractivity contribution in [1.29, 1.82) is 0 Å². The Kier molecular flexibility index (Phi) is 3.95. The minimum Gasteiger partial charge on any atom is -0.356 e. The highest BCUT2D eigenvalue weighted by atomic mass is 32.2. The molecule has 1 heterocycles. The van der Waals surface area contributed by atoms with Gasteiger partial charge in [0.2, 0.25) is 0 Å². The molecule has 0 bridgehead atoms. The summed E-state index contributed by atoms with van der Waals surface area (Å²) >= 11 is 1.90. The van der Waals surface area contributed by atoms with Crippen LogP contribution in [0.1, 0.15) is 17.0 Å². The molecule has 1 aliphatic carbocycles. The van der Waals surface area contributed by atoms with Crippen molar-refractivity contribution < 1.29 is 9.47 Å². The molecular weight excluding hydrogens is 292 g/mol. The summed E-state index contributed by atoms with van der Waals surface area (Å²) in [6, 6.07) is 19.4. The summed E-state index contributed by atoms with van der Waals surface area (Å²) in [6.45, 7) is 0. The molecule has 2 aromatic carbocycles. The van der Waals surface area contributed by atoms with E-state index >= 15 is 0 Å². The number of ether oxygens (including phenoxy) is 2. The van der Waals surface area contributed by atoms with Crippen LogP contribution in [0.2, 0.25) is 0 Å². The molecule has 4 atom stereocenters. The first kappa shape index (κ1) is 14.3. The lowest BCUT2D eigenvalue weighted by Gasteiger charge is -2.21. The summed E-state index contributed by atoms with van der Waals surface area (Å²) in [7, 11) is 1.76. The molecule has 1 saturated heterocycles. The molecule has 0 aromatic heterocycles. The zero-order valence-electron chi connectivity index (χ0n) is 12.6. The third kappa shape index (κ3) is 2.47. The van der Waals surface area contributed by atoms with E-state index in [2.05, 4.69) is 54.6 Å². The SMILES string of the molecule is CO[C@@H]1O[C@H]2Cc3ccccc3[C@H]2C1CSc1ccccc1. The molecule has 0 N–H and O–H groups in total. The fourth-order valence-corrected chi connectivity index (χ4v) is 4.89. The van der Waals surface area contributed by atoms with Gasteiger partial charge in [-0.25, -0.2) is 0 Å². The Hall–Kier alpha value is -1.29. The molecule has 1 aliphatic heterocycles. The Morgan fingerprint density at radius 3 is 2.68 bits per heavy atom. The van der Waals surface area contributed by atoms with E-state index in [0.717, 1.165) is 12.2 Å². The van der Waals surface area contributed by atoms with Gasteiger partial charge >= 0.3 is 0 Å². The molecule has 3 heteroatoms. The second kappa shape index (κ2) is 6.07. The summed E-state index contributed by atoms with van der Waals surface area (Å²) in [4.78, 5) is 1.31. The molecule has 1 unspecified atom stereocenters. The Morgan fingerprint density at radius 1 is 1.09 bits per heavy atom. The second-order valence-electron chi connectivity index (χ2n) is 6.00. The second-order valence-corrected chi connectivity index (χ2v) is 7.09. The molecule has 114 valence electrons. The Morgan fingerprint density at radius 2 is 1.86 bits per heavy atom. The van der Waals surface area contributed by atoms with Crippen LogP contribution in [-0.2, 0) is 15.9 Å². The number of benzene rings is 2. The molecule has 2 nitrogen and oxygen atoms in total. The van der Waals surface area contributed by atoms with Crippen LogP contribution in [0.25, 0.3) is 0 Å². The first-order chi connectivity index (χ1) is 10.9. The van der Waals surface area contributed by atoms with E-state index in [-0.39, 0.29) is 12.4 Å². The molecule has 0 spiro atoms. The first-order valence-electron chi connectivity index (χ1n) is 7.80. The number of hydrogen-bond acceptors (Lipinski definition) is 3. The van der Waals surface area contributed by atoms with Gasteiger partial charge in [-0.1, -0.05) is 42.5 Å². The van der Waals surface area contributed by atoms with Gasteiger partial charge in [-0.3, -0.25) is 0 Å². The van der Waals surface area contributed by atoms with Gasteiger partial charge in [0.05, 0.1) is 6.10 Å². The van der Waals surface area contributed by atoms with Gasteiger partial charge < -0.3 is 9.47 Å². The summed E-state index contributed by atoms with van der Waals surface area (Å²) in [5, 5.41) is 0. The molecule has 2 aliphatic rings. The van der Waals surface area contributed by atoms with Gasteiger partial charge in [0.1, 0.15) is 0 Å². The highest BCUT2D eigenvalue weighted by molar-refractivity contribution is 7.99. The normalized spacial score (nSPS) is 29.3. The smallest absolute Gasteiger partial charge is 0.161 e. The van der Waals surface area contributed by atoms with Gasteiger partial charge in [0, 0.05) is 29.6 Å². The number of thioether (sulfide) groups is 1. The van der Waals surface area contributed by atoms with Crippen LogP contribution in [0.3, 0.4) is 0 Å². The number of rotatable bonds is 4. The first-order valence-corrected chi connectivity index (χ1v) is 8.79. The van der Waals surface area contributed by atoms with Gasteiger partial charge in [-0.05, 0) is 29.7 Å². The largest absolute Gasteiger partial charge is 0.356 e. The third-order valence-electron chi connectivity index (χ3n) is 4.77.